The van der Waals surface area contributed by atoms with Gasteiger partial charge in [-0.2, -0.15) is 0 Å². The molecule has 0 bridgehead atoms. The van der Waals surface area contributed by atoms with E-state index in [4.69, 9.17) is 27.9 Å². The van der Waals surface area contributed by atoms with Crippen LogP contribution >= 0.6 is 23.2 Å². The van der Waals surface area contributed by atoms with E-state index < -0.39 is 0 Å². The Morgan fingerprint density at radius 2 is 2.29 bits per heavy atom. The van der Waals surface area contributed by atoms with Crippen LogP contribution in [-0.2, 0) is 4.74 Å². The molecule has 0 saturated heterocycles. The van der Waals surface area contributed by atoms with Crippen LogP contribution in [0.15, 0.2) is 24.1 Å². The maximum atomic E-state index is 6.15. The minimum Gasteiger partial charge on any atom is -0.496 e. The van der Waals surface area contributed by atoms with E-state index in [1.807, 2.05) is 7.05 Å². The second kappa shape index (κ2) is 5.71. The van der Waals surface area contributed by atoms with Crippen molar-refractivity contribution in [2.75, 3.05) is 13.7 Å². The lowest BCUT2D eigenvalue weighted by Crippen LogP contribution is -2.23. The normalized spacial score (nSPS) is 17.2. The van der Waals surface area contributed by atoms with Crippen LogP contribution in [0.2, 0.25) is 10.0 Å². The largest absolute Gasteiger partial charge is 0.496 e. The van der Waals surface area contributed by atoms with Gasteiger partial charge < -0.3 is 10.1 Å². The Hall–Kier alpha value is -0.770. The summed E-state index contributed by atoms with van der Waals surface area (Å²) in [4.78, 5) is 4.28. The van der Waals surface area contributed by atoms with Gasteiger partial charge in [0.15, 0.2) is 0 Å². The molecule has 0 spiro atoms. The van der Waals surface area contributed by atoms with Crippen LogP contribution in [0.25, 0.3) is 0 Å². The van der Waals surface area contributed by atoms with Crippen molar-refractivity contribution in [3.63, 3.8) is 0 Å². The monoisotopic (exact) mass is 272 g/mol. The van der Waals surface area contributed by atoms with E-state index in [0.717, 1.165) is 30.9 Å². The van der Waals surface area contributed by atoms with Crippen LogP contribution in [0.1, 0.15) is 24.6 Å². The quantitative estimate of drug-likeness (QED) is 0.917. The molecule has 5 heteroatoms. The summed E-state index contributed by atoms with van der Waals surface area (Å²) >= 11 is 12.0. The molecule has 0 radical (unpaired) electrons. The highest BCUT2D eigenvalue weighted by Crippen LogP contribution is 2.30. The fraction of sp³-hybridized carbons (Fsp3) is 0.417. The number of nitrogens with one attached hydrogen (secondary N) is 1. The van der Waals surface area contributed by atoms with E-state index in [2.05, 4.69) is 16.4 Å². The number of nitrogens with zero attached hydrogens (tertiary/aromatic N) is 1. The fourth-order valence-corrected chi connectivity index (χ4v) is 2.32. The lowest BCUT2D eigenvalue weighted by molar-refractivity contribution is 0.169. The SMILES string of the molecule is CNC(C1=CCCCO1)c1ncc(Cl)cc1Cl. The summed E-state index contributed by atoms with van der Waals surface area (Å²) in [5.74, 6) is 0.885. The van der Waals surface area contributed by atoms with Gasteiger partial charge in [-0.15, -0.1) is 0 Å². The first-order chi connectivity index (χ1) is 8.22. The van der Waals surface area contributed by atoms with E-state index in [1.54, 1.807) is 12.3 Å². The molecule has 1 aliphatic heterocycles. The van der Waals surface area contributed by atoms with Crippen molar-refractivity contribution in [3.8, 4) is 0 Å². The van der Waals surface area contributed by atoms with Gasteiger partial charge in [0.2, 0.25) is 0 Å². The third-order valence-corrected chi connectivity index (χ3v) is 3.16. The van der Waals surface area contributed by atoms with Gasteiger partial charge in [-0.25, -0.2) is 0 Å². The van der Waals surface area contributed by atoms with Gasteiger partial charge in [-0.3, -0.25) is 4.98 Å². The molecule has 92 valence electrons. The summed E-state index contributed by atoms with van der Waals surface area (Å²) in [5, 5.41) is 4.25. The molecule has 1 atom stereocenters. The summed E-state index contributed by atoms with van der Waals surface area (Å²) in [6.45, 7) is 0.745. The maximum absolute atomic E-state index is 6.15. The molecule has 0 aliphatic carbocycles. The molecular formula is C12H14Cl2N2O. The van der Waals surface area contributed by atoms with Crippen molar-refractivity contribution >= 4 is 23.2 Å². The lowest BCUT2D eigenvalue weighted by atomic mass is 10.1. The number of pyridine rings is 1. The zero-order chi connectivity index (χ0) is 12.3. The van der Waals surface area contributed by atoms with E-state index >= 15 is 0 Å². The van der Waals surface area contributed by atoms with E-state index in [-0.39, 0.29) is 6.04 Å². The van der Waals surface area contributed by atoms with Gasteiger partial charge in [0.05, 0.1) is 22.3 Å². The predicted octanol–water partition coefficient (Wildman–Crippen LogP) is 3.34. The molecular weight excluding hydrogens is 259 g/mol. The van der Waals surface area contributed by atoms with Crippen LogP contribution in [0.3, 0.4) is 0 Å². The fourth-order valence-electron chi connectivity index (χ4n) is 1.83. The average Bonchev–Trinajstić information content (AvgIpc) is 2.34. The van der Waals surface area contributed by atoms with Crippen LogP contribution < -0.4 is 5.32 Å². The van der Waals surface area contributed by atoms with Crippen LogP contribution in [0.5, 0.6) is 0 Å². The van der Waals surface area contributed by atoms with Crippen molar-refractivity contribution in [3.05, 3.63) is 39.8 Å². The number of hydrogen-bond donors (Lipinski definition) is 1. The predicted molar refractivity (Wildman–Crippen MR) is 69.3 cm³/mol. The molecule has 1 unspecified atom stereocenters. The standard InChI is InChI=1S/C12H14Cl2N2O/c1-15-12(10-4-2-3-5-17-10)11-9(14)6-8(13)7-16-11/h4,6-7,12,15H,2-3,5H2,1H3. The first-order valence-corrected chi connectivity index (χ1v) is 6.29. The Morgan fingerprint density at radius 3 is 2.88 bits per heavy atom. The Labute approximate surface area is 111 Å². The Bertz CT molecular complexity index is 435. The number of likely N-dealkylation sites (N-methyl/N-ethyl adjacent to an activating group) is 1. The molecule has 0 fully saturated rings. The Balaban J connectivity index is 2.31. The highest BCUT2D eigenvalue weighted by atomic mass is 35.5. The summed E-state index contributed by atoms with van der Waals surface area (Å²) < 4.78 is 5.64. The summed E-state index contributed by atoms with van der Waals surface area (Å²) in [6, 6.07) is 1.58. The summed E-state index contributed by atoms with van der Waals surface area (Å²) in [5.41, 5.74) is 0.742. The zero-order valence-electron chi connectivity index (χ0n) is 9.54. The van der Waals surface area contributed by atoms with Crippen molar-refractivity contribution in [1.29, 1.82) is 0 Å². The first-order valence-electron chi connectivity index (χ1n) is 5.53. The number of allylic oxidation sites excluding steroid dienone is 1. The molecule has 1 N–H and O–H groups in total. The van der Waals surface area contributed by atoms with Crippen molar-refractivity contribution in [2.45, 2.75) is 18.9 Å². The highest BCUT2D eigenvalue weighted by Gasteiger charge is 2.22. The molecule has 2 rings (SSSR count). The van der Waals surface area contributed by atoms with Gasteiger partial charge in [-0.05, 0) is 32.0 Å². The smallest absolute Gasteiger partial charge is 0.115 e. The van der Waals surface area contributed by atoms with Crippen molar-refractivity contribution in [1.82, 2.24) is 10.3 Å². The Kier molecular flexibility index (Phi) is 4.26. The maximum Gasteiger partial charge on any atom is 0.115 e. The minimum atomic E-state index is -0.111. The molecule has 3 nitrogen and oxygen atoms in total. The molecule has 0 aromatic carbocycles. The van der Waals surface area contributed by atoms with E-state index in [0.29, 0.717) is 10.0 Å². The third-order valence-electron chi connectivity index (χ3n) is 2.65. The van der Waals surface area contributed by atoms with Crippen molar-refractivity contribution in [2.24, 2.45) is 0 Å². The third kappa shape index (κ3) is 2.92. The number of hydrogen-bond acceptors (Lipinski definition) is 3. The molecule has 0 saturated carbocycles. The number of halogens is 2. The molecule has 17 heavy (non-hydrogen) atoms. The van der Waals surface area contributed by atoms with E-state index in [9.17, 15) is 0 Å². The van der Waals surface area contributed by atoms with Gasteiger partial charge >= 0.3 is 0 Å². The number of rotatable bonds is 3. The van der Waals surface area contributed by atoms with Crippen molar-refractivity contribution < 1.29 is 4.74 Å². The lowest BCUT2D eigenvalue weighted by Gasteiger charge is -2.23. The zero-order valence-corrected chi connectivity index (χ0v) is 11.1. The van der Waals surface area contributed by atoms with Crippen LogP contribution in [-0.4, -0.2) is 18.6 Å². The second-order valence-electron chi connectivity index (χ2n) is 3.84. The first kappa shape index (κ1) is 12.7. The topological polar surface area (TPSA) is 34.1 Å². The van der Waals surface area contributed by atoms with Crippen LogP contribution in [0.4, 0.5) is 0 Å². The van der Waals surface area contributed by atoms with Gasteiger partial charge in [-0.1, -0.05) is 23.2 Å². The van der Waals surface area contributed by atoms with Crippen LogP contribution in [0, 0.1) is 0 Å². The second-order valence-corrected chi connectivity index (χ2v) is 4.68. The van der Waals surface area contributed by atoms with Gasteiger partial charge in [0.25, 0.3) is 0 Å². The minimum absolute atomic E-state index is 0.111. The molecule has 1 aromatic rings. The molecule has 0 amide bonds. The molecule has 1 aromatic heterocycles. The number of ether oxygens (including phenoxy) is 1. The molecule has 1 aliphatic rings. The number of aromatic nitrogens is 1. The van der Waals surface area contributed by atoms with Gasteiger partial charge in [0, 0.05) is 6.20 Å². The summed E-state index contributed by atoms with van der Waals surface area (Å²) in [7, 11) is 1.86. The summed E-state index contributed by atoms with van der Waals surface area (Å²) in [6.07, 6.45) is 5.76. The van der Waals surface area contributed by atoms with E-state index in [1.165, 1.54) is 0 Å². The van der Waals surface area contributed by atoms with Gasteiger partial charge in [0.1, 0.15) is 11.8 Å². The Morgan fingerprint density at radius 1 is 1.47 bits per heavy atom. The average molecular weight is 273 g/mol. The molecule has 2 heterocycles. The highest BCUT2D eigenvalue weighted by molar-refractivity contribution is 6.34.